The van der Waals surface area contributed by atoms with Gasteiger partial charge in [0.2, 0.25) is 5.76 Å². The summed E-state index contributed by atoms with van der Waals surface area (Å²) in [5, 5.41) is 3.39. The first kappa shape index (κ1) is 18.5. The molecule has 3 aromatic rings. The van der Waals surface area contributed by atoms with Gasteiger partial charge in [-0.05, 0) is 37.6 Å². The topological polar surface area (TPSA) is 72.2 Å². The number of rotatable bonds is 4. The number of benzene rings is 1. The Labute approximate surface area is 151 Å². The molecule has 10 heteroatoms. The van der Waals surface area contributed by atoms with E-state index < -0.39 is 22.0 Å². The molecule has 0 fully saturated rings. The van der Waals surface area contributed by atoms with Crippen molar-refractivity contribution in [2.75, 3.05) is 4.72 Å². The molecule has 0 aliphatic carbocycles. The highest BCUT2D eigenvalue weighted by Crippen LogP contribution is 2.37. The van der Waals surface area contributed by atoms with Crippen LogP contribution in [0.5, 0.6) is 0 Å². The fourth-order valence-electron chi connectivity index (χ4n) is 2.30. The van der Waals surface area contributed by atoms with Crippen LogP contribution in [-0.2, 0) is 16.2 Å². The lowest BCUT2D eigenvalue weighted by molar-refractivity contribution is -0.155. The Morgan fingerprint density at radius 3 is 2.50 bits per heavy atom. The molecule has 0 amide bonds. The SMILES string of the molecule is Cc1cccc(NS(=O)(=O)c2cc(-c3cc(C(F)(F)F)on3)sc2C)c1. The van der Waals surface area contributed by atoms with Crippen molar-refractivity contribution in [3.05, 3.63) is 52.6 Å². The van der Waals surface area contributed by atoms with Gasteiger partial charge in [-0.15, -0.1) is 11.3 Å². The summed E-state index contributed by atoms with van der Waals surface area (Å²) in [6.45, 7) is 3.40. The van der Waals surface area contributed by atoms with Crippen LogP contribution in [-0.4, -0.2) is 13.6 Å². The first-order valence-corrected chi connectivity index (χ1v) is 9.60. The summed E-state index contributed by atoms with van der Waals surface area (Å²) in [6, 6.07) is 8.86. The average Bonchev–Trinajstić information content (AvgIpc) is 3.12. The molecule has 0 spiro atoms. The van der Waals surface area contributed by atoms with E-state index >= 15 is 0 Å². The molecule has 5 nitrogen and oxygen atoms in total. The number of hydrogen-bond donors (Lipinski definition) is 1. The molecule has 138 valence electrons. The van der Waals surface area contributed by atoms with Crippen LogP contribution in [0, 0.1) is 13.8 Å². The van der Waals surface area contributed by atoms with Crippen molar-refractivity contribution in [1.29, 1.82) is 0 Å². The number of thiophene rings is 1. The van der Waals surface area contributed by atoms with Gasteiger partial charge in [0.1, 0.15) is 10.6 Å². The van der Waals surface area contributed by atoms with E-state index in [0.29, 0.717) is 10.6 Å². The van der Waals surface area contributed by atoms with Crippen molar-refractivity contribution in [3.8, 4) is 10.6 Å². The zero-order valence-electron chi connectivity index (χ0n) is 13.6. The summed E-state index contributed by atoms with van der Waals surface area (Å²) < 4.78 is 69.9. The molecule has 0 atom stereocenters. The molecule has 0 saturated carbocycles. The van der Waals surface area contributed by atoms with E-state index in [-0.39, 0.29) is 15.5 Å². The molecule has 0 radical (unpaired) electrons. The van der Waals surface area contributed by atoms with Crippen LogP contribution in [0.15, 0.2) is 45.8 Å². The lowest BCUT2D eigenvalue weighted by atomic mass is 10.2. The van der Waals surface area contributed by atoms with Crippen LogP contribution in [0.3, 0.4) is 0 Å². The minimum atomic E-state index is -4.65. The van der Waals surface area contributed by atoms with Gasteiger partial charge in [0.25, 0.3) is 10.0 Å². The lowest BCUT2D eigenvalue weighted by Crippen LogP contribution is -2.13. The van der Waals surface area contributed by atoms with Crippen molar-refractivity contribution in [2.24, 2.45) is 0 Å². The number of aromatic nitrogens is 1. The molecule has 0 unspecified atom stereocenters. The Balaban J connectivity index is 1.93. The maximum absolute atomic E-state index is 12.6. The molecule has 0 aliphatic heterocycles. The van der Waals surface area contributed by atoms with Crippen LogP contribution in [0.4, 0.5) is 18.9 Å². The Bertz CT molecular complexity index is 1050. The number of nitrogens with one attached hydrogen (secondary N) is 1. The number of hydrogen-bond acceptors (Lipinski definition) is 5. The van der Waals surface area contributed by atoms with E-state index in [2.05, 4.69) is 14.4 Å². The summed E-state index contributed by atoms with van der Waals surface area (Å²) in [5.41, 5.74) is 1.22. The van der Waals surface area contributed by atoms with E-state index in [1.54, 1.807) is 25.1 Å². The number of sulfonamides is 1. The Morgan fingerprint density at radius 1 is 1.15 bits per heavy atom. The van der Waals surface area contributed by atoms with Crippen molar-refractivity contribution in [2.45, 2.75) is 24.9 Å². The van der Waals surface area contributed by atoms with Crippen LogP contribution in [0.2, 0.25) is 0 Å². The molecule has 0 saturated heterocycles. The molecular formula is C16H13F3N2O3S2. The quantitative estimate of drug-likeness (QED) is 0.678. The van der Waals surface area contributed by atoms with Crippen molar-refractivity contribution < 1.29 is 26.1 Å². The number of nitrogens with zero attached hydrogens (tertiary/aromatic N) is 1. The van der Waals surface area contributed by atoms with E-state index in [9.17, 15) is 21.6 Å². The van der Waals surface area contributed by atoms with Gasteiger partial charge < -0.3 is 4.52 Å². The third-order valence-electron chi connectivity index (χ3n) is 3.47. The average molecular weight is 402 g/mol. The second kappa shape index (κ2) is 6.44. The van der Waals surface area contributed by atoms with E-state index in [4.69, 9.17) is 0 Å². The molecule has 3 rings (SSSR count). The van der Waals surface area contributed by atoms with Crippen LogP contribution < -0.4 is 4.72 Å². The molecule has 26 heavy (non-hydrogen) atoms. The monoisotopic (exact) mass is 402 g/mol. The van der Waals surface area contributed by atoms with Crippen molar-refractivity contribution in [1.82, 2.24) is 5.16 Å². The van der Waals surface area contributed by atoms with E-state index in [1.807, 2.05) is 13.0 Å². The van der Waals surface area contributed by atoms with Gasteiger partial charge >= 0.3 is 6.18 Å². The first-order chi connectivity index (χ1) is 12.1. The van der Waals surface area contributed by atoms with Gasteiger partial charge in [0, 0.05) is 16.6 Å². The molecule has 1 aromatic carbocycles. The standard InChI is InChI=1S/C16H13F3N2O3S2/c1-9-4-3-5-11(6-9)21-26(22,23)14-8-13(25-10(14)2)12-7-15(24-20-12)16(17,18)19/h3-8,21H,1-2H3. The Kier molecular flexibility index (Phi) is 4.57. The molecule has 1 N–H and O–H groups in total. The summed E-state index contributed by atoms with van der Waals surface area (Å²) in [6.07, 6.45) is -4.65. The summed E-state index contributed by atoms with van der Waals surface area (Å²) >= 11 is 1.02. The third kappa shape index (κ3) is 3.75. The van der Waals surface area contributed by atoms with Crippen LogP contribution in [0.25, 0.3) is 10.6 Å². The maximum atomic E-state index is 12.6. The van der Waals surface area contributed by atoms with Gasteiger partial charge in [-0.3, -0.25) is 4.72 Å². The molecule has 0 bridgehead atoms. The highest BCUT2D eigenvalue weighted by atomic mass is 32.2. The highest BCUT2D eigenvalue weighted by molar-refractivity contribution is 7.93. The maximum Gasteiger partial charge on any atom is 0.452 e. The molecule has 2 heterocycles. The number of halogens is 3. The first-order valence-electron chi connectivity index (χ1n) is 7.30. The largest absolute Gasteiger partial charge is 0.452 e. The molecule has 0 aliphatic rings. The fourth-order valence-corrected chi connectivity index (χ4v) is 4.90. The normalized spacial score (nSPS) is 12.3. The lowest BCUT2D eigenvalue weighted by Gasteiger charge is -2.08. The minimum absolute atomic E-state index is 0.0180. The summed E-state index contributed by atoms with van der Waals surface area (Å²) in [7, 11) is -3.89. The number of aryl methyl sites for hydroxylation is 2. The number of anilines is 1. The van der Waals surface area contributed by atoms with E-state index in [1.165, 1.54) is 6.07 Å². The predicted octanol–water partition coefficient (Wildman–Crippen LogP) is 4.84. The zero-order chi connectivity index (χ0) is 19.1. The highest BCUT2D eigenvalue weighted by Gasteiger charge is 2.36. The summed E-state index contributed by atoms with van der Waals surface area (Å²) in [5.74, 6) is -1.24. The number of alkyl halides is 3. The van der Waals surface area contributed by atoms with Crippen molar-refractivity contribution >= 4 is 27.0 Å². The van der Waals surface area contributed by atoms with Gasteiger partial charge in [0.05, 0.1) is 4.88 Å². The van der Waals surface area contributed by atoms with Crippen LogP contribution >= 0.6 is 11.3 Å². The predicted molar refractivity (Wildman–Crippen MR) is 91.5 cm³/mol. The van der Waals surface area contributed by atoms with Gasteiger partial charge in [0.15, 0.2) is 0 Å². The van der Waals surface area contributed by atoms with Gasteiger partial charge in [-0.1, -0.05) is 17.3 Å². The third-order valence-corrected chi connectivity index (χ3v) is 6.18. The fraction of sp³-hybridized carbons (Fsp3) is 0.188. The molecular weight excluding hydrogens is 389 g/mol. The Hall–Kier alpha value is -2.33. The van der Waals surface area contributed by atoms with Gasteiger partial charge in [-0.25, -0.2) is 8.42 Å². The van der Waals surface area contributed by atoms with Crippen molar-refractivity contribution in [3.63, 3.8) is 0 Å². The Morgan fingerprint density at radius 2 is 1.88 bits per heavy atom. The van der Waals surface area contributed by atoms with E-state index in [0.717, 1.165) is 23.0 Å². The zero-order valence-corrected chi connectivity index (χ0v) is 15.2. The van der Waals surface area contributed by atoms with Crippen LogP contribution in [0.1, 0.15) is 16.2 Å². The smallest absolute Gasteiger partial charge is 0.351 e. The second-order valence-corrected chi connectivity index (χ2v) is 8.49. The molecule has 2 aromatic heterocycles. The second-order valence-electron chi connectivity index (χ2n) is 5.58. The minimum Gasteiger partial charge on any atom is -0.351 e. The summed E-state index contributed by atoms with van der Waals surface area (Å²) in [4.78, 5) is 0.679. The van der Waals surface area contributed by atoms with Gasteiger partial charge in [-0.2, -0.15) is 13.2 Å².